The van der Waals surface area contributed by atoms with Gasteiger partial charge < -0.3 is 28.8 Å². The largest absolute Gasteiger partial charge is 0.756 e. The fourth-order valence-corrected chi connectivity index (χ4v) is 7.00. The molecule has 0 aromatic heterocycles. The van der Waals surface area contributed by atoms with Gasteiger partial charge in [-0.15, -0.1) is 0 Å². The molecule has 2 N–H and O–H groups in total. The van der Waals surface area contributed by atoms with Gasteiger partial charge in [-0.2, -0.15) is 0 Å². The zero-order chi connectivity index (χ0) is 41.4. The second kappa shape index (κ2) is 38.9. The third-order valence-corrected chi connectivity index (χ3v) is 11.0. The molecule has 0 aliphatic carbocycles. The topological polar surface area (TPSA) is 108 Å². The third kappa shape index (κ3) is 40.6. The molecular formula is C47H89N2O6P. The molecule has 0 rings (SSSR count). The zero-order valence-corrected chi connectivity index (χ0v) is 38.0. The number of allylic oxidation sites excluding steroid dienone is 7. The van der Waals surface area contributed by atoms with Gasteiger partial charge in [-0.3, -0.25) is 9.36 Å². The highest BCUT2D eigenvalue weighted by Crippen LogP contribution is 2.38. The Labute approximate surface area is 346 Å². The molecule has 0 aromatic carbocycles. The van der Waals surface area contributed by atoms with Crippen molar-refractivity contribution in [1.82, 2.24) is 5.32 Å². The molecular weight excluding hydrogens is 719 g/mol. The number of aliphatic hydroxyl groups is 1. The van der Waals surface area contributed by atoms with Crippen LogP contribution in [0.15, 0.2) is 48.6 Å². The lowest BCUT2D eigenvalue weighted by Gasteiger charge is -2.29. The summed E-state index contributed by atoms with van der Waals surface area (Å²) in [5, 5.41) is 13.7. The maximum Gasteiger partial charge on any atom is 0.268 e. The molecule has 328 valence electrons. The van der Waals surface area contributed by atoms with Gasteiger partial charge >= 0.3 is 0 Å². The summed E-state index contributed by atoms with van der Waals surface area (Å²) in [6.07, 6.45) is 48.8. The molecule has 0 heterocycles. The van der Waals surface area contributed by atoms with Gasteiger partial charge in [-0.25, -0.2) is 0 Å². The van der Waals surface area contributed by atoms with Gasteiger partial charge in [0.25, 0.3) is 7.82 Å². The molecule has 0 radical (unpaired) electrons. The average molecular weight is 809 g/mol. The van der Waals surface area contributed by atoms with Crippen LogP contribution in [-0.4, -0.2) is 68.5 Å². The van der Waals surface area contributed by atoms with Gasteiger partial charge in [0.2, 0.25) is 5.91 Å². The lowest BCUT2D eigenvalue weighted by molar-refractivity contribution is -0.870. The van der Waals surface area contributed by atoms with Gasteiger partial charge in [0, 0.05) is 6.42 Å². The molecule has 0 aliphatic heterocycles. The molecule has 56 heavy (non-hydrogen) atoms. The Hall–Kier alpha value is -1.54. The van der Waals surface area contributed by atoms with E-state index in [9.17, 15) is 19.4 Å². The van der Waals surface area contributed by atoms with Crippen LogP contribution < -0.4 is 10.2 Å². The van der Waals surface area contributed by atoms with E-state index in [1.54, 1.807) is 6.08 Å². The number of hydrogen-bond acceptors (Lipinski definition) is 6. The first-order chi connectivity index (χ1) is 27.0. The van der Waals surface area contributed by atoms with Crippen molar-refractivity contribution < 1.29 is 32.9 Å². The van der Waals surface area contributed by atoms with Crippen LogP contribution in [0.5, 0.6) is 0 Å². The van der Waals surface area contributed by atoms with Crippen LogP contribution in [0.3, 0.4) is 0 Å². The summed E-state index contributed by atoms with van der Waals surface area (Å²) in [5.41, 5.74) is 0. The Bertz CT molecular complexity index is 1050. The number of nitrogens with zero attached hydrogens (tertiary/aromatic N) is 1. The van der Waals surface area contributed by atoms with Crippen molar-refractivity contribution in [3.05, 3.63) is 48.6 Å². The predicted octanol–water partition coefficient (Wildman–Crippen LogP) is 12.2. The monoisotopic (exact) mass is 809 g/mol. The number of quaternary nitrogens is 1. The van der Waals surface area contributed by atoms with E-state index in [0.29, 0.717) is 17.4 Å². The normalized spacial score (nSPS) is 14.8. The number of carbonyl (C=O) groups excluding carboxylic acids is 1. The van der Waals surface area contributed by atoms with Crippen LogP contribution in [-0.2, 0) is 18.4 Å². The van der Waals surface area contributed by atoms with Crippen molar-refractivity contribution in [2.24, 2.45) is 0 Å². The highest BCUT2D eigenvalue weighted by molar-refractivity contribution is 7.45. The molecule has 0 aromatic rings. The molecule has 0 saturated carbocycles. The molecule has 3 atom stereocenters. The summed E-state index contributed by atoms with van der Waals surface area (Å²) in [6, 6.07) is -0.910. The van der Waals surface area contributed by atoms with Gasteiger partial charge in [0.1, 0.15) is 13.2 Å². The Morgan fingerprint density at radius 3 is 1.50 bits per heavy atom. The lowest BCUT2D eigenvalue weighted by Crippen LogP contribution is -2.45. The van der Waals surface area contributed by atoms with E-state index in [2.05, 4.69) is 55.6 Å². The minimum absolute atomic E-state index is 0.0109. The molecule has 9 heteroatoms. The number of hydrogen-bond donors (Lipinski definition) is 2. The van der Waals surface area contributed by atoms with Crippen LogP contribution in [0.4, 0.5) is 0 Å². The highest BCUT2D eigenvalue weighted by atomic mass is 31.2. The smallest absolute Gasteiger partial charge is 0.268 e. The van der Waals surface area contributed by atoms with Crippen LogP contribution in [0, 0.1) is 0 Å². The molecule has 0 aliphatic rings. The number of unbranched alkanes of at least 4 members (excludes halogenated alkanes) is 22. The Morgan fingerprint density at radius 2 is 1.02 bits per heavy atom. The molecule has 8 nitrogen and oxygen atoms in total. The highest BCUT2D eigenvalue weighted by Gasteiger charge is 2.23. The molecule has 1 amide bonds. The average Bonchev–Trinajstić information content (AvgIpc) is 3.15. The van der Waals surface area contributed by atoms with E-state index in [4.69, 9.17) is 9.05 Å². The summed E-state index contributed by atoms with van der Waals surface area (Å²) < 4.78 is 23.1. The van der Waals surface area contributed by atoms with Crippen molar-refractivity contribution in [2.45, 2.75) is 206 Å². The van der Waals surface area contributed by atoms with Gasteiger partial charge in [-0.1, -0.05) is 172 Å². The van der Waals surface area contributed by atoms with E-state index >= 15 is 0 Å². The number of phosphoric ester groups is 1. The SMILES string of the molecule is CCCC/C=C/CC/C=C/CC/C=C/C(O)C(COP(=O)([O-])OCC[N+](C)(C)C)NC(=O)CCCCCCCCC/C=C\CCCCCCCCCCCCC. The fourth-order valence-electron chi connectivity index (χ4n) is 6.28. The summed E-state index contributed by atoms with van der Waals surface area (Å²) in [4.78, 5) is 25.3. The van der Waals surface area contributed by atoms with E-state index in [1.165, 1.54) is 122 Å². The van der Waals surface area contributed by atoms with Gasteiger partial charge in [-0.05, 0) is 64.2 Å². The minimum atomic E-state index is -4.60. The maximum absolute atomic E-state index is 12.8. The Morgan fingerprint density at radius 1 is 0.607 bits per heavy atom. The second-order valence-electron chi connectivity index (χ2n) is 16.7. The minimum Gasteiger partial charge on any atom is -0.756 e. The summed E-state index contributed by atoms with van der Waals surface area (Å²) in [6.45, 7) is 4.56. The number of amides is 1. The number of nitrogens with one attached hydrogen (secondary N) is 1. The number of rotatable bonds is 41. The number of aliphatic hydroxyl groups excluding tert-OH is 1. The van der Waals surface area contributed by atoms with Crippen LogP contribution in [0.25, 0.3) is 0 Å². The van der Waals surface area contributed by atoms with Crippen molar-refractivity contribution in [1.29, 1.82) is 0 Å². The number of likely N-dealkylation sites (N-methyl/N-ethyl adjacent to an activating group) is 1. The summed E-state index contributed by atoms with van der Waals surface area (Å²) >= 11 is 0. The van der Waals surface area contributed by atoms with Gasteiger partial charge in [0.05, 0.1) is 39.9 Å². The van der Waals surface area contributed by atoms with Crippen LogP contribution in [0.1, 0.15) is 194 Å². The van der Waals surface area contributed by atoms with Crippen molar-refractivity contribution in [3.8, 4) is 0 Å². The Balaban J connectivity index is 4.34. The molecule has 3 unspecified atom stereocenters. The predicted molar refractivity (Wildman–Crippen MR) is 238 cm³/mol. The second-order valence-corrected chi connectivity index (χ2v) is 18.1. The van der Waals surface area contributed by atoms with Crippen molar-refractivity contribution in [2.75, 3.05) is 40.9 Å². The van der Waals surface area contributed by atoms with E-state index in [0.717, 1.165) is 51.4 Å². The fraction of sp³-hybridized carbons (Fsp3) is 0.809. The third-order valence-electron chi connectivity index (χ3n) is 9.99. The van der Waals surface area contributed by atoms with E-state index in [-0.39, 0.29) is 12.5 Å². The van der Waals surface area contributed by atoms with Crippen molar-refractivity contribution in [3.63, 3.8) is 0 Å². The van der Waals surface area contributed by atoms with Crippen LogP contribution >= 0.6 is 7.82 Å². The zero-order valence-electron chi connectivity index (χ0n) is 37.1. The van der Waals surface area contributed by atoms with E-state index < -0.39 is 26.6 Å². The van der Waals surface area contributed by atoms with Gasteiger partial charge in [0.15, 0.2) is 0 Å². The summed E-state index contributed by atoms with van der Waals surface area (Å²) in [5.74, 6) is -0.218. The Kier molecular flexibility index (Phi) is 37.9. The maximum atomic E-state index is 12.8. The lowest BCUT2D eigenvalue weighted by atomic mass is 10.0. The standard InChI is InChI=1S/C47H89N2O6P/c1-6-8-10-12-14-16-18-20-21-22-23-24-25-26-27-28-29-31-33-35-37-39-41-47(51)48-45(44-55-56(52,53)54-43-42-49(3,4)5)46(50)40-38-36-34-32-30-19-17-15-13-11-9-7-2/h13,15,25-26,30,32,38,40,45-46,50H,6-12,14,16-24,27-29,31,33-37,39,41-44H2,1-5H3,(H-,48,51,52,53)/b15-13+,26-25-,32-30+,40-38+. The molecule has 0 fully saturated rings. The molecule has 0 saturated heterocycles. The first-order valence-electron chi connectivity index (χ1n) is 23.0. The quantitative estimate of drug-likeness (QED) is 0.0276. The van der Waals surface area contributed by atoms with Crippen molar-refractivity contribution >= 4 is 13.7 Å². The number of phosphoric acid groups is 1. The molecule has 0 bridgehead atoms. The molecule has 0 spiro atoms. The number of carbonyl (C=O) groups is 1. The van der Waals surface area contributed by atoms with E-state index in [1.807, 2.05) is 27.2 Å². The first-order valence-corrected chi connectivity index (χ1v) is 24.5. The first kappa shape index (κ1) is 54.5. The van der Waals surface area contributed by atoms with Crippen LogP contribution in [0.2, 0.25) is 0 Å². The summed E-state index contributed by atoms with van der Waals surface area (Å²) in [7, 11) is 1.23.